The minimum Gasteiger partial charge on any atom is -0.468 e. The molecule has 1 aromatic heterocycles. The van der Waals surface area contributed by atoms with Crippen molar-refractivity contribution >= 4 is 11.6 Å². The van der Waals surface area contributed by atoms with Gasteiger partial charge in [-0.3, -0.25) is 4.79 Å². The molecule has 1 aromatic carbocycles. The van der Waals surface area contributed by atoms with E-state index in [0.29, 0.717) is 22.7 Å². The normalized spacial score (nSPS) is 17.1. The predicted octanol–water partition coefficient (Wildman–Crippen LogP) is 2.88. The van der Waals surface area contributed by atoms with Gasteiger partial charge in [0, 0.05) is 11.4 Å². The van der Waals surface area contributed by atoms with Crippen LogP contribution in [0, 0.1) is 18.3 Å². The number of carbonyl (C=O) groups excluding carboxylic acids is 1. The largest absolute Gasteiger partial charge is 0.468 e. The number of aryl methyl sites for hydroxylation is 1. The van der Waals surface area contributed by atoms with E-state index >= 15 is 0 Å². The minimum absolute atomic E-state index is 0.230. The number of dihydropyridines is 1. The lowest BCUT2D eigenvalue weighted by atomic mass is 9.85. The molecule has 0 bridgehead atoms. The molecular formula is C19H18N4O2. The maximum Gasteiger partial charge on any atom is 0.254 e. The molecule has 1 atom stereocenters. The molecule has 0 saturated heterocycles. The molecule has 6 heteroatoms. The van der Waals surface area contributed by atoms with Crippen LogP contribution in [0.4, 0.5) is 5.69 Å². The van der Waals surface area contributed by atoms with Gasteiger partial charge in [-0.15, -0.1) is 0 Å². The molecule has 3 rings (SSSR count). The summed E-state index contributed by atoms with van der Waals surface area (Å²) in [5.74, 6) is -0.227. The molecule has 0 radical (unpaired) electrons. The third-order valence-electron chi connectivity index (χ3n) is 4.18. The fraction of sp³-hybridized carbons (Fsp3) is 0.158. The van der Waals surface area contributed by atoms with Crippen molar-refractivity contribution in [2.75, 3.05) is 5.32 Å². The molecule has 2 aromatic rings. The molecule has 0 spiro atoms. The van der Waals surface area contributed by atoms with Gasteiger partial charge in [0.25, 0.3) is 5.91 Å². The number of allylic oxidation sites excluding steroid dienone is 2. The first-order valence-electron chi connectivity index (χ1n) is 7.80. The second-order valence-electron chi connectivity index (χ2n) is 5.82. The molecule has 0 saturated carbocycles. The lowest BCUT2D eigenvalue weighted by molar-refractivity contribution is -0.113. The molecule has 0 fully saturated rings. The van der Waals surface area contributed by atoms with E-state index in [1.807, 2.05) is 31.2 Å². The van der Waals surface area contributed by atoms with Gasteiger partial charge in [-0.05, 0) is 37.6 Å². The average Bonchev–Trinajstić information content (AvgIpc) is 3.10. The van der Waals surface area contributed by atoms with Crippen molar-refractivity contribution in [2.24, 2.45) is 5.73 Å². The van der Waals surface area contributed by atoms with E-state index in [-0.39, 0.29) is 17.3 Å². The molecule has 1 aliphatic heterocycles. The highest BCUT2D eigenvalue weighted by Gasteiger charge is 2.35. The van der Waals surface area contributed by atoms with Crippen LogP contribution < -0.4 is 16.4 Å². The van der Waals surface area contributed by atoms with Crippen molar-refractivity contribution < 1.29 is 9.21 Å². The van der Waals surface area contributed by atoms with Crippen LogP contribution in [0.15, 0.2) is 69.7 Å². The Morgan fingerprint density at radius 1 is 1.28 bits per heavy atom. The van der Waals surface area contributed by atoms with E-state index in [0.717, 1.165) is 5.56 Å². The van der Waals surface area contributed by atoms with Crippen LogP contribution >= 0.6 is 0 Å². The Morgan fingerprint density at radius 2 is 2.04 bits per heavy atom. The molecule has 25 heavy (non-hydrogen) atoms. The summed E-state index contributed by atoms with van der Waals surface area (Å²) in [4.78, 5) is 13.0. The van der Waals surface area contributed by atoms with Crippen molar-refractivity contribution in [1.82, 2.24) is 5.32 Å². The second-order valence-corrected chi connectivity index (χ2v) is 5.82. The van der Waals surface area contributed by atoms with Gasteiger partial charge >= 0.3 is 0 Å². The zero-order valence-corrected chi connectivity index (χ0v) is 14.0. The number of hydrogen-bond acceptors (Lipinski definition) is 5. The fourth-order valence-corrected chi connectivity index (χ4v) is 2.92. The van der Waals surface area contributed by atoms with Crippen LogP contribution in [0.25, 0.3) is 0 Å². The number of nitriles is 1. The molecule has 4 N–H and O–H groups in total. The van der Waals surface area contributed by atoms with Crippen molar-refractivity contribution in [3.63, 3.8) is 0 Å². The zero-order chi connectivity index (χ0) is 18.0. The summed E-state index contributed by atoms with van der Waals surface area (Å²) in [5.41, 5.74) is 8.87. The number of nitrogens with one attached hydrogen (secondary N) is 2. The lowest BCUT2D eigenvalue weighted by Gasteiger charge is -2.27. The van der Waals surface area contributed by atoms with Gasteiger partial charge < -0.3 is 20.8 Å². The third-order valence-corrected chi connectivity index (χ3v) is 4.18. The van der Waals surface area contributed by atoms with Gasteiger partial charge in [-0.25, -0.2) is 0 Å². The molecule has 1 unspecified atom stereocenters. The number of amides is 1. The highest BCUT2D eigenvalue weighted by atomic mass is 16.3. The molecule has 126 valence electrons. The van der Waals surface area contributed by atoms with Crippen molar-refractivity contribution in [3.05, 3.63) is 76.6 Å². The van der Waals surface area contributed by atoms with Crippen molar-refractivity contribution in [2.45, 2.75) is 19.8 Å². The van der Waals surface area contributed by atoms with Gasteiger partial charge in [-0.2, -0.15) is 5.26 Å². The smallest absolute Gasteiger partial charge is 0.254 e. The first kappa shape index (κ1) is 16.4. The number of carbonyl (C=O) groups is 1. The van der Waals surface area contributed by atoms with E-state index in [4.69, 9.17) is 10.2 Å². The Morgan fingerprint density at radius 3 is 2.68 bits per heavy atom. The summed E-state index contributed by atoms with van der Waals surface area (Å²) in [6, 6.07) is 13.0. The van der Waals surface area contributed by atoms with Gasteiger partial charge in [0.05, 0.1) is 29.4 Å². The van der Waals surface area contributed by atoms with Gasteiger partial charge in [0.2, 0.25) is 0 Å². The Labute approximate surface area is 145 Å². The van der Waals surface area contributed by atoms with Gasteiger partial charge in [-0.1, -0.05) is 18.2 Å². The van der Waals surface area contributed by atoms with Gasteiger partial charge in [0.15, 0.2) is 0 Å². The number of anilines is 1. The maximum atomic E-state index is 13.0. The first-order chi connectivity index (χ1) is 12.0. The predicted molar refractivity (Wildman–Crippen MR) is 93.9 cm³/mol. The van der Waals surface area contributed by atoms with E-state index in [1.165, 1.54) is 6.26 Å². The summed E-state index contributed by atoms with van der Waals surface area (Å²) >= 11 is 0. The topological polar surface area (TPSA) is 104 Å². The SMILES string of the molecule is CC1=C(C(=O)Nc2ccccc2C)C(c2ccco2)C(C#N)=C(N)N1. The monoisotopic (exact) mass is 334 g/mol. The Hall–Kier alpha value is -3.46. The van der Waals surface area contributed by atoms with E-state index in [2.05, 4.69) is 16.7 Å². The van der Waals surface area contributed by atoms with Gasteiger partial charge in [0.1, 0.15) is 11.6 Å². The van der Waals surface area contributed by atoms with Crippen LogP contribution in [0.2, 0.25) is 0 Å². The highest BCUT2D eigenvalue weighted by Crippen LogP contribution is 2.37. The summed E-state index contributed by atoms with van der Waals surface area (Å²) < 4.78 is 5.47. The van der Waals surface area contributed by atoms with E-state index in [1.54, 1.807) is 19.1 Å². The van der Waals surface area contributed by atoms with Crippen molar-refractivity contribution in [1.29, 1.82) is 5.26 Å². The Bertz CT molecular complexity index is 917. The Balaban J connectivity index is 2.03. The standard InChI is InChI=1S/C19H18N4O2/c1-11-6-3-4-7-14(11)23-19(24)16-12(2)22-18(21)13(10-20)17(16)15-8-5-9-25-15/h3-9,17,22H,21H2,1-2H3,(H,23,24). The minimum atomic E-state index is -0.648. The summed E-state index contributed by atoms with van der Waals surface area (Å²) in [6.07, 6.45) is 1.51. The highest BCUT2D eigenvalue weighted by molar-refractivity contribution is 6.06. The number of rotatable bonds is 3. The molecule has 6 nitrogen and oxygen atoms in total. The first-order valence-corrected chi connectivity index (χ1v) is 7.80. The van der Waals surface area contributed by atoms with Crippen LogP contribution in [-0.2, 0) is 4.79 Å². The van der Waals surface area contributed by atoms with E-state index < -0.39 is 5.92 Å². The molecule has 2 heterocycles. The Kier molecular flexibility index (Phi) is 4.31. The van der Waals surface area contributed by atoms with Crippen LogP contribution in [0.1, 0.15) is 24.2 Å². The number of para-hydroxylation sites is 1. The second kappa shape index (κ2) is 6.57. The van der Waals surface area contributed by atoms with E-state index in [9.17, 15) is 10.1 Å². The molecule has 1 aliphatic rings. The number of furan rings is 1. The lowest BCUT2D eigenvalue weighted by Crippen LogP contribution is -2.34. The maximum absolute atomic E-state index is 13.0. The fourth-order valence-electron chi connectivity index (χ4n) is 2.92. The van der Waals surface area contributed by atoms with Crippen molar-refractivity contribution in [3.8, 4) is 6.07 Å². The average molecular weight is 334 g/mol. The number of nitrogens with two attached hydrogens (primary N) is 1. The third kappa shape index (κ3) is 3.00. The summed E-state index contributed by atoms with van der Waals surface area (Å²) in [5, 5.41) is 15.4. The summed E-state index contributed by atoms with van der Waals surface area (Å²) in [7, 11) is 0. The van der Waals surface area contributed by atoms with Crippen LogP contribution in [0.3, 0.4) is 0 Å². The molecular weight excluding hydrogens is 316 g/mol. The molecule has 1 amide bonds. The number of nitrogens with zero attached hydrogens (tertiary/aromatic N) is 1. The quantitative estimate of drug-likeness (QED) is 0.800. The summed E-state index contributed by atoms with van der Waals surface area (Å²) in [6.45, 7) is 3.67. The number of hydrogen-bond donors (Lipinski definition) is 3. The van der Waals surface area contributed by atoms with Crippen LogP contribution in [0.5, 0.6) is 0 Å². The zero-order valence-electron chi connectivity index (χ0n) is 14.0. The number of benzene rings is 1. The van der Waals surface area contributed by atoms with Crippen LogP contribution in [-0.4, -0.2) is 5.91 Å². The molecule has 0 aliphatic carbocycles.